The van der Waals surface area contributed by atoms with Crippen LogP contribution in [0.5, 0.6) is 5.75 Å². The number of hydrogen-bond donors (Lipinski definition) is 1. The van der Waals surface area contributed by atoms with Gasteiger partial charge in [0.25, 0.3) is 5.91 Å². The molecule has 34 heavy (non-hydrogen) atoms. The Balaban J connectivity index is 1.82. The van der Waals surface area contributed by atoms with Crippen LogP contribution in [-0.2, 0) is 17.8 Å². The fourth-order valence-electron chi connectivity index (χ4n) is 4.39. The maximum Gasteiger partial charge on any atom is 0.308 e. The lowest BCUT2D eigenvalue weighted by atomic mass is 10.0. The van der Waals surface area contributed by atoms with Crippen molar-refractivity contribution in [1.29, 1.82) is 0 Å². The molecule has 0 bridgehead atoms. The average Bonchev–Trinajstić information content (AvgIpc) is 3.21. The smallest absolute Gasteiger partial charge is 0.308 e. The summed E-state index contributed by atoms with van der Waals surface area (Å²) in [6.07, 6.45) is 0.892. The van der Waals surface area contributed by atoms with E-state index in [1.807, 2.05) is 0 Å². The van der Waals surface area contributed by atoms with Gasteiger partial charge in [0.15, 0.2) is 0 Å². The minimum atomic E-state index is -0.621. The number of ether oxygens (including phenoxy) is 1. The van der Waals surface area contributed by atoms with E-state index in [0.29, 0.717) is 29.5 Å². The van der Waals surface area contributed by atoms with Gasteiger partial charge in [0.05, 0.1) is 11.6 Å². The average molecular weight is 481 g/mol. The van der Waals surface area contributed by atoms with Gasteiger partial charge in [0, 0.05) is 24.1 Å². The minimum absolute atomic E-state index is 0.0323. The number of benzene rings is 3. The van der Waals surface area contributed by atoms with E-state index in [1.54, 1.807) is 53.4 Å². The number of rotatable bonds is 6. The van der Waals surface area contributed by atoms with E-state index >= 15 is 0 Å². The van der Waals surface area contributed by atoms with Crippen LogP contribution < -0.4 is 10.5 Å². The first-order chi connectivity index (χ1) is 16.3. The molecule has 0 saturated heterocycles. The first kappa shape index (κ1) is 23.4. The highest BCUT2D eigenvalue weighted by molar-refractivity contribution is 6.30. The van der Waals surface area contributed by atoms with Crippen LogP contribution in [0, 0.1) is 5.82 Å². The molecule has 0 aromatic heterocycles. The molecule has 0 radical (unpaired) electrons. The van der Waals surface area contributed by atoms with Gasteiger partial charge in [-0.1, -0.05) is 41.9 Å². The Morgan fingerprint density at radius 1 is 1.09 bits per heavy atom. The summed E-state index contributed by atoms with van der Waals surface area (Å²) in [5, 5.41) is 0.230. The number of halogens is 2. The van der Waals surface area contributed by atoms with Gasteiger partial charge < -0.3 is 15.4 Å². The van der Waals surface area contributed by atoms with Crippen molar-refractivity contribution in [2.75, 3.05) is 0 Å². The first-order valence-corrected chi connectivity index (χ1v) is 11.1. The predicted molar refractivity (Wildman–Crippen MR) is 125 cm³/mol. The maximum atomic E-state index is 14.6. The van der Waals surface area contributed by atoms with E-state index in [9.17, 15) is 18.8 Å². The molecule has 0 spiro atoms. The van der Waals surface area contributed by atoms with Crippen molar-refractivity contribution >= 4 is 29.4 Å². The van der Waals surface area contributed by atoms with Gasteiger partial charge in [0.1, 0.15) is 11.6 Å². The molecule has 3 aromatic rings. The summed E-state index contributed by atoms with van der Waals surface area (Å²) < 4.78 is 19.9. The summed E-state index contributed by atoms with van der Waals surface area (Å²) in [4.78, 5) is 39.1. The third-order valence-corrected chi connectivity index (χ3v) is 6.07. The number of nitrogens with zero attached hydrogens (tertiary/aromatic N) is 1. The predicted octanol–water partition coefficient (Wildman–Crippen LogP) is 4.83. The van der Waals surface area contributed by atoms with Crippen LogP contribution in [0.1, 0.15) is 56.8 Å². The number of carbonyl (C=O) groups excluding carboxylic acids is 3. The molecule has 0 aliphatic heterocycles. The number of carbonyl (C=O) groups is 3. The lowest BCUT2D eigenvalue weighted by Crippen LogP contribution is -2.34. The number of esters is 1. The van der Waals surface area contributed by atoms with Crippen LogP contribution in [0.4, 0.5) is 4.39 Å². The number of amides is 2. The van der Waals surface area contributed by atoms with E-state index in [-0.39, 0.29) is 28.4 Å². The van der Waals surface area contributed by atoms with Crippen LogP contribution in [0.2, 0.25) is 5.02 Å². The Morgan fingerprint density at radius 3 is 2.47 bits per heavy atom. The summed E-state index contributed by atoms with van der Waals surface area (Å²) in [6.45, 7) is 1.28. The summed E-state index contributed by atoms with van der Waals surface area (Å²) in [5.74, 6) is -1.93. The number of para-hydroxylation sites is 1. The molecular weight excluding hydrogens is 459 g/mol. The third kappa shape index (κ3) is 4.65. The SMILES string of the molecule is CC(=O)Oc1ccccc1C(=O)N(Cc1ccccc1C(N)=O)[C@@H]1CCc2c(F)cc(Cl)cc21. The lowest BCUT2D eigenvalue weighted by Gasteiger charge is -2.31. The molecule has 1 aliphatic rings. The molecule has 0 unspecified atom stereocenters. The topological polar surface area (TPSA) is 89.7 Å². The fourth-order valence-corrected chi connectivity index (χ4v) is 4.61. The lowest BCUT2D eigenvalue weighted by molar-refractivity contribution is -0.131. The zero-order chi connectivity index (χ0) is 24.4. The summed E-state index contributed by atoms with van der Waals surface area (Å²) in [6, 6.07) is 15.5. The Kier molecular flexibility index (Phi) is 6.65. The quantitative estimate of drug-likeness (QED) is 0.404. The summed E-state index contributed by atoms with van der Waals surface area (Å²) in [7, 11) is 0. The van der Waals surface area contributed by atoms with Gasteiger partial charge in [-0.3, -0.25) is 14.4 Å². The Hall–Kier alpha value is -3.71. The monoisotopic (exact) mass is 480 g/mol. The zero-order valence-corrected chi connectivity index (χ0v) is 19.1. The van der Waals surface area contributed by atoms with E-state index < -0.39 is 29.6 Å². The van der Waals surface area contributed by atoms with Gasteiger partial charge in [-0.2, -0.15) is 0 Å². The normalized spacial score (nSPS) is 14.4. The number of nitrogens with two attached hydrogens (primary N) is 1. The molecule has 1 aliphatic carbocycles. The second-order valence-electron chi connectivity index (χ2n) is 8.05. The van der Waals surface area contributed by atoms with Gasteiger partial charge in [-0.15, -0.1) is 0 Å². The molecular formula is C26H22ClFN2O4. The fraction of sp³-hybridized carbons (Fsp3) is 0.192. The van der Waals surface area contributed by atoms with Crippen LogP contribution in [0.15, 0.2) is 60.7 Å². The summed E-state index contributed by atoms with van der Waals surface area (Å²) >= 11 is 6.14. The second kappa shape index (κ2) is 9.65. The standard InChI is InChI=1S/C26H22ClFN2O4/c1-15(31)34-24-9-5-4-8-20(24)26(33)30(14-16-6-2-3-7-18(16)25(29)32)23-11-10-19-21(23)12-17(27)13-22(19)28/h2-9,12-13,23H,10-11,14H2,1H3,(H2,29,32)/t23-/m1/s1. The van der Waals surface area contributed by atoms with Crippen molar-refractivity contribution in [3.63, 3.8) is 0 Å². The molecule has 6 nitrogen and oxygen atoms in total. The van der Waals surface area contributed by atoms with E-state index in [2.05, 4.69) is 0 Å². The number of fused-ring (bicyclic) bond motifs is 1. The van der Waals surface area contributed by atoms with Crippen molar-refractivity contribution in [3.8, 4) is 5.75 Å². The van der Waals surface area contributed by atoms with Crippen LogP contribution >= 0.6 is 11.6 Å². The third-order valence-electron chi connectivity index (χ3n) is 5.85. The summed E-state index contributed by atoms with van der Waals surface area (Å²) in [5.41, 5.74) is 7.67. The molecule has 8 heteroatoms. The van der Waals surface area contributed by atoms with Crippen LogP contribution in [0.25, 0.3) is 0 Å². The highest BCUT2D eigenvalue weighted by Gasteiger charge is 2.35. The Labute approximate surface area is 201 Å². The van der Waals surface area contributed by atoms with Crippen molar-refractivity contribution in [2.45, 2.75) is 32.4 Å². The van der Waals surface area contributed by atoms with E-state index in [1.165, 1.54) is 19.1 Å². The zero-order valence-electron chi connectivity index (χ0n) is 18.4. The van der Waals surface area contributed by atoms with Crippen LogP contribution in [-0.4, -0.2) is 22.7 Å². The molecule has 0 fully saturated rings. The van der Waals surface area contributed by atoms with E-state index in [0.717, 1.165) is 0 Å². The maximum absolute atomic E-state index is 14.6. The molecule has 2 N–H and O–H groups in total. The molecule has 0 saturated carbocycles. The Morgan fingerprint density at radius 2 is 1.76 bits per heavy atom. The van der Waals surface area contributed by atoms with Crippen molar-refractivity contribution in [2.24, 2.45) is 5.73 Å². The largest absolute Gasteiger partial charge is 0.426 e. The highest BCUT2D eigenvalue weighted by Crippen LogP contribution is 2.41. The molecule has 3 aromatic carbocycles. The van der Waals surface area contributed by atoms with Gasteiger partial charge >= 0.3 is 5.97 Å². The molecule has 2 amide bonds. The molecule has 174 valence electrons. The van der Waals surface area contributed by atoms with Gasteiger partial charge in [-0.05, 0) is 59.9 Å². The number of primary amides is 1. The minimum Gasteiger partial charge on any atom is -0.426 e. The van der Waals surface area contributed by atoms with E-state index in [4.69, 9.17) is 22.1 Å². The van der Waals surface area contributed by atoms with Crippen molar-refractivity contribution in [3.05, 3.63) is 99.3 Å². The Bertz CT molecular complexity index is 1290. The number of hydrogen-bond acceptors (Lipinski definition) is 4. The van der Waals surface area contributed by atoms with Crippen molar-refractivity contribution < 1.29 is 23.5 Å². The second-order valence-corrected chi connectivity index (χ2v) is 8.49. The van der Waals surface area contributed by atoms with Crippen molar-refractivity contribution in [1.82, 2.24) is 4.90 Å². The molecule has 1 atom stereocenters. The molecule has 4 rings (SSSR count). The first-order valence-electron chi connectivity index (χ1n) is 10.7. The molecule has 0 heterocycles. The van der Waals surface area contributed by atoms with Gasteiger partial charge in [0.2, 0.25) is 5.91 Å². The highest BCUT2D eigenvalue weighted by atomic mass is 35.5. The van der Waals surface area contributed by atoms with Crippen LogP contribution in [0.3, 0.4) is 0 Å². The van der Waals surface area contributed by atoms with Gasteiger partial charge in [-0.25, -0.2) is 4.39 Å².